The Labute approximate surface area is 107 Å². The average molecular weight is 252 g/mol. The highest BCUT2D eigenvalue weighted by molar-refractivity contribution is 5.37. The van der Waals surface area contributed by atoms with Gasteiger partial charge in [-0.05, 0) is 0 Å². The van der Waals surface area contributed by atoms with Crippen LogP contribution in [0.4, 0.5) is 5.82 Å². The fourth-order valence-electron chi connectivity index (χ4n) is 1.80. The van der Waals surface area contributed by atoms with Crippen LogP contribution in [0.3, 0.4) is 0 Å². The van der Waals surface area contributed by atoms with Gasteiger partial charge < -0.3 is 14.9 Å². The van der Waals surface area contributed by atoms with E-state index in [4.69, 9.17) is 15.3 Å². The van der Waals surface area contributed by atoms with Gasteiger partial charge in [-0.1, -0.05) is 13.8 Å². The van der Waals surface area contributed by atoms with Crippen molar-refractivity contribution in [3.8, 4) is 5.88 Å². The van der Waals surface area contributed by atoms with Gasteiger partial charge in [0.15, 0.2) is 0 Å². The first kappa shape index (κ1) is 13.0. The minimum Gasteiger partial charge on any atom is -0.474 e. The van der Waals surface area contributed by atoms with Crippen LogP contribution in [0.15, 0.2) is 6.07 Å². The second-order valence-electron chi connectivity index (χ2n) is 4.68. The predicted octanol–water partition coefficient (Wildman–Crippen LogP) is 1.44. The molecular formula is C12H20N4O2. The van der Waals surface area contributed by atoms with Crippen molar-refractivity contribution in [2.45, 2.75) is 38.7 Å². The Morgan fingerprint density at radius 2 is 2.11 bits per heavy atom. The average Bonchev–Trinajstić information content (AvgIpc) is 2.39. The number of rotatable bonds is 4. The van der Waals surface area contributed by atoms with E-state index in [1.54, 1.807) is 6.07 Å². The SMILES string of the molecule is CC(C)c1nc(NN)cc(OC2CCOCC2)n1. The summed E-state index contributed by atoms with van der Waals surface area (Å²) in [7, 11) is 0. The lowest BCUT2D eigenvalue weighted by molar-refractivity contribution is 0.0236. The molecule has 0 radical (unpaired) electrons. The van der Waals surface area contributed by atoms with Crippen LogP contribution >= 0.6 is 0 Å². The van der Waals surface area contributed by atoms with E-state index in [2.05, 4.69) is 15.4 Å². The van der Waals surface area contributed by atoms with Crippen molar-refractivity contribution in [1.82, 2.24) is 9.97 Å². The van der Waals surface area contributed by atoms with Gasteiger partial charge in [0.25, 0.3) is 0 Å². The Kier molecular flexibility index (Phi) is 4.33. The molecule has 0 unspecified atom stereocenters. The topological polar surface area (TPSA) is 82.3 Å². The summed E-state index contributed by atoms with van der Waals surface area (Å²) in [6.45, 7) is 5.56. The van der Waals surface area contributed by atoms with E-state index in [-0.39, 0.29) is 12.0 Å². The van der Waals surface area contributed by atoms with Crippen molar-refractivity contribution in [3.63, 3.8) is 0 Å². The van der Waals surface area contributed by atoms with Crippen molar-refractivity contribution in [2.75, 3.05) is 18.6 Å². The number of hydrogen-bond donors (Lipinski definition) is 2. The third-order valence-corrected chi connectivity index (χ3v) is 2.84. The lowest BCUT2D eigenvalue weighted by Gasteiger charge is -2.23. The van der Waals surface area contributed by atoms with E-state index < -0.39 is 0 Å². The fraction of sp³-hybridized carbons (Fsp3) is 0.667. The molecule has 1 aliphatic heterocycles. The smallest absolute Gasteiger partial charge is 0.219 e. The van der Waals surface area contributed by atoms with E-state index in [0.29, 0.717) is 11.7 Å². The van der Waals surface area contributed by atoms with E-state index >= 15 is 0 Å². The normalized spacial score (nSPS) is 16.9. The molecule has 6 nitrogen and oxygen atoms in total. The number of aromatic nitrogens is 2. The number of nitrogens with zero attached hydrogens (tertiary/aromatic N) is 2. The van der Waals surface area contributed by atoms with Crippen molar-refractivity contribution in [1.29, 1.82) is 0 Å². The number of nitrogens with two attached hydrogens (primary N) is 1. The summed E-state index contributed by atoms with van der Waals surface area (Å²) in [4.78, 5) is 8.70. The summed E-state index contributed by atoms with van der Waals surface area (Å²) < 4.78 is 11.2. The van der Waals surface area contributed by atoms with E-state index in [0.717, 1.165) is 31.9 Å². The Morgan fingerprint density at radius 1 is 1.39 bits per heavy atom. The molecule has 1 saturated heterocycles. The molecule has 2 heterocycles. The number of ether oxygens (including phenoxy) is 2. The van der Waals surface area contributed by atoms with Gasteiger partial charge in [-0.25, -0.2) is 10.8 Å². The molecule has 0 aromatic carbocycles. The molecule has 6 heteroatoms. The molecule has 18 heavy (non-hydrogen) atoms. The summed E-state index contributed by atoms with van der Waals surface area (Å²) in [6, 6.07) is 1.72. The third kappa shape index (κ3) is 3.30. The molecule has 100 valence electrons. The molecule has 1 aromatic heterocycles. The van der Waals surface area contributed by atoms with E-state index in [9.17, 15) is 0 Å². The molecule has 0 bridgehead atoms. The molecule has 0 amide bonds. The minimum atomic E-state index is 0.166. The molecular weight excluding hydrogens is 232 g/mol. The van der Waals surface area contributed by atoms with Gasteiger partial charge in [0.1, 0.15) is 17.7 Å². The lowest BCUT2D eigenvalue weighted by atomic mass is 10.1. The largest absolute Gasteiger partial charge is 0.474 e. The highest BCUT2D eigenvalue weighted by atomic mass is 16.5. The van der Waals surface area contributed by atoms with Gasteiger partial charge in [0.05, 0.1) is 13.2 Å². The molecule has 1 aromatic rings. The molecule has 0 aliphatic carbocycles. The Balaban J connectivity index is 2.12. The zero-order chi connectivity index (χ0) is 13.0. The number of hydrogen-bond acceptors (Lipinski definition) is 6. The molecule has 1 aliphatic rings. The standard InChI is InChI=1S/C12H20N4O2/c1-8(2)12-14-10(16-13)7-11(15-12)18-9-3-5-17-6-4-9/h7-9H,3-6,13H2,1-2H3,(H,14,15,16). The predicted molar refractivity (Wildman–Crippen MR) is 68.4 cm³/mol. The maximum Gasteiger partial charge on any atom is 0.219 e. The van der Waals surface area contributed by atoms with Crippen molar-refractivity contribution in [3.05, 3.63) is 11.9 Å². The van der Waals surface area contributed by atoms with Crippen LogP contribution in [0.25, 0.3) is 0 Å². The summed E-state index contributed by atoms with van der Waals surface area (Å²) in [5.41, 5.74) is 2.54. The second-order valence-corrected chi connectivity index (χ2v) is 4.68. The van der Waals surface area contributed by atoms with Crippen molar-refractivity contribution >= 4 is 5.82 Å². The number of anilines is 1. The van der Waals surface area contributed by atoms with Gasteiger partial charge in [0.2, 0.25) is 5.88 Å². The van der Waals surface area contributed by atoms with Crippen LogP contribution < -0.4 is 16.0 Å². The van der Waals surface area contributed by atoms with Gasteiger partial charge in [-0.2, -0.15) is 4.98 Å². The van der Waals surface area contributed by atoms with Crippen molar-refractivity contribution < 1.29 is 9.47 Å². The van der Waals surface area contributed by atoms with Crippen LogP contribution in [0.1, 0.15) is 38.4 Å². The molecule has 0 atom stereocenters. The van der Waals surface area contributed by atoms with Gasteiger partial charge in [-0.3, -0.25) is 0 Å². The summed E-state index contributed by atoms with van der Waals surface area (Å²) >= 11 is 0. The van der Waals surface area contributed by atoms with Crippen LogP contribution in [0.2, 0.25) is 0 Å². The number of hydrazine groups is 1. The highest BCUT2D eigenvalue weighted by Crippen LogP contribution is 2.21. The second kappa shape index (κ2) is 5.97. The minimum absolute atomic E-state index is 0.166. The Morgan fingerprint density at radius 3 is 2.72 bits per heavy atom. The first-order chi connectivity index (χ1) is 8.69. The monoisotopic (exact) mass is 252 g/mol. The van der Waals surface area contributed by atoms with Gasteiger partial charge in [0, 0.05) is 24.8 Å². The van der Waals surface area contributed by atoms with Crippen LogP contribution in [-0.2, 0) is 4.74 Å². The Bertz CT molecular complexity index is 392. The molecule has 1 fully saturated rings. The fourth-order valence-corrected chi connectivity index (χ4v) is 1.80. The lowest BCUT2D eigenvalue weighted by Crippen LogP contribution is -2.26. The van der Waals surface area contributed by atoms with E-state index in [1.165, 1.54) is 0 Å². The summed E-state index contributed by atoms with van der Waals surface area (Å²) in [5, 5.41) is 0. The molecule has 2 rings (SSSR count). The maximum absolute atomic E-state index is 5.86. The quantitative estimate of drug-likeness (QED) is 0.623. The number of nitrogen functional groups attached to an aromatic ring is 1. The number of nitrogens with one attached hydrogen (secondary N) is 1. The highest BCUT2D eigenvalue weighted by Gasteiger charge is 2.17. The van der Waals surface area contributed by atoms with E-state index in [1.807, 2.05) is 13.8 Å². The van der Waals surface area contributed by atoms with Crippen LogP contribution in [0.5, 0.6) is 5.88 Å². The summed E-state index contributed by atoms with van der Waals surface area (Å²) in [6.07, 6.45) is 1.96. The Hall–Kier alpha value is -1.40. The first-order valence-electron chi connectivity index (χ1n) is 6.29. The first-order valence-corrected chi connectivity index (χ1v) is 6.29. The van der Waals surface area contributed by atoms with Crippen LogP contribution in [-0.4, -0.2) is 29.3 Å². The molecule has 0 spiro atoms. The zero-order valence-corrected chi connectivity index (χ0v) is 10.8. The zero-order valence-electron chi connectivity index (χ0n) is 10.8. The molecule has 0 saturated carbocycles. The van der Waals surface area contributed by atoms with Gasteiger partial charge >= 0.3 is 0 Å². The molecule has 3 N–H and O–H groups in total. The summed E-state index contributed by atoms with van der Waals surface area (Å²) in [5.74, 6) is 7.52. The maximum atomic E-state index is 5.86. The van der Waals surface area contributed by atoms with Gasteiger partial charge in [-0.15, -0.1) is 0 Å². The van der Waals surface area contributed by atoms with Crippen molar-refractivity contribution in [2.24, 2.45) is 5.84 Å². The third-order valence-electron chi connectivity index (χ3n) is 2.84. The van der Waals surface area contributed by atoms with Crippen LogP contribution in [0, 0.1) is 0 Å².